The maximum atomic E-state index is 13.3. The van der Waals surface area contributed by atoms with Crippen LogP contribution in [0, 0.1) is 0 Å². The molecule has 0 radical (unpaired) electrons. The van der Waals surface area contributed by atoms with Crippen LogP contribution in [0.3, 0.4) is 0 Å². The van der Waals surface area contributed by atoms with Crippen LogP contribution in [0.4, 0.5) is 4.79 Å². The largest absolute Gasteiger partial charge is 0.490 e. The van der Waals surface area contributed by atoms with Crippen molar-refractivity contribution < 1.29 is 38.5 Å². The van der Waals surface area contributed by atoms with Crippen LogP contribution in [0.2, 0.25) is 5.02 Å². The number of barbiturate groups is 1. The van der Waals surface area contributed by atoms with Gasteiger partial charge in [0.25, 0.3) is 11.8 Å². The Morgan fingerprint density at radius 3 is 2.29 bits per heavy atom. The van der Waals surface area contributed by atoms with Crippen molar-refractivity contribution in [3.63, 3.8) is 0 Å². The highest BCUT2D eigenvalue weighted by atomic mass is 35.5. The van der Waals surface area contributed by atoms with Crippen molar-refractivity contribution in [3.8, 4) is 17.2 Å². The van der Waals surface area contributed by atoms with E-state index in [0.29, 0.717) is 41.6 Å². The summed E-state index contributed by atoms with van der Waals surface area (Å²) in [5.41, 5.74) is 1.74. The summed E-state index contributed by atoms with van der Waals surface area (Å²) in [6.07, 6.45) is 2.18. The Bertz CT molecular complexity index is 1530. The highest BCUT2D eigenvalue weighted by molar-refractivity contribution is 6.33. The molecular weight excluding hydrogens is 564 g/mol. The molecule has 1 aliphatic heterocycles. The molecule has 0 saturated carbocycles. The first-order chi connectivity index (χ1) is 20.2. The number of amides is 4. The molecule has 0 unspecified atom stereocenters. The van der Waals surface area contributed by atoms with Crippen LogP contribution in [-0.4, -0.2) is 47.0 Å². The maximum Gasteiger partial charge on any atom is 0.335 e. The number of carbonyl (C=O) groups excluding carboxylic acids is 3. The molecule has 218 valence electrons. The fraction of sp³-hybridized carbons (Fsp3) is 0.226. The molecule has 0 aliphatic carbocycles. The number of carboxylic acids is 1. The van der Waals surface area contributed by atoms with Crippen LogP contribution in [0.1, 0.15) is 47.3 Å². The summed E-state index contributed by atoms with van der Waals surface area (Å²) in [6.45, 7) is 4.81. The Hall–Kier alpha value is -4.83. The molecule has 0 atom stereocenters. The minimum atomic E-state index is -1.02. The standard InChI is InChI=1S/C31H29ClN2O8/c1-3-13-41-26-12-8-21(16-27(26)40-4-2)17-34-29(36)23(28(35)33-31(34)39)14-20-7-11-25(24(32)15-20)42-18-19-5-9-22(10-6-19)30(37)38/h5-12,14-16H,3-4,13,17-18H2,1-2H3,(H,37,38)(H,33,35,39)/b23-14+. The lowest BCUT2D eigenvalue weighted by Crippen LogP contribution is -2.53. The maximum absolute atomic E-state index is 13.3. The van der Waals surface area contributed by atoms with Gasteiger partial charge < -0.3 is 19.3 Å². The predicted molar refractivity (Wildman–Crippen MR) is 155 cm³/mol. The van der Waals surface area contributed by atoms with Crippen molar-refractivity contribution in [2.75, 3.05) is 13.2 Å². The number of urea groups is 1. The zero-order chi connectivity index (χ0) is 30.2. The van der Waals surface area contributed by atoms with Gasteiger partial charge in [-0.3, -0.25) is 19.8 Å². The quantitative estimate of drug-likeness (QED) is 0.209. The number of carbonyl (C=O) groups is 4. The normalized spacial score (nSPS) is 14.1. The van der Waals surface area contributed by atoms with E-state index in [-0.39, 0.29) is 29.3 Å². The van der Waals surface area contributed by atoms with Gasteiger partial charge in [0, 0.05) is 0 Å². The van der Waals surface area contributed by atoms with E-state index in [9.17, 15) is 19.2 Å². The summed E-state index contributed by atoms with van der Waals surface area (Å²) in [6, 6.07) is 15.3. The first-order valence-electron chi connectivity index (χ1n) is 13.2. The summed E-state index contributed by atoms with van der Waals surface area (Å²) in [4.78, 5) is 50.4. The first-order valence-corrected chi connectivity index (χ1v) is 13.6. The number of nitrogens with one attached hydrogen (secondary N) is 1. The number of aromatic carboxylic acids is 1. The molecule has 1 heterocycles. The highest BCUT2D eigenvalue weighted by Gasteiger charge is 2.35. The molecule has 1 aliphatic rings. The molecule has 0 aromatic heterocycles. The molecule has 0 bridgehead atoms. The van der Waals surface area contributed by atoms with Gasteiger partial charge in [0.05, 0.1) is 30.3 Å². The smallest absolute Gasteiger partial charge is 0.335 e. The number of nitrogens with zero attached hydrogens (tertiary/aromatic N) is 1. The number of imide groups is 2. The molecule has 4 rings (SSSR count). The van der Waals surface area contributed by atoms with Crippen molar-refractivity contribution in [3.05, 3.63) is 93.5 Å². The van der Waals surface area contributed by atoms with Gasteiger partial charge in [0.1, 0.15) is 17.9 Å². The SMILES string of the molecule is CCCOc1ccc(CN2C(=O)NC(=O)/C(=C\c3ccc(OCc4ccc(C(=O)O)cc4)c(Cl)c3)C2=O)cc1OCC. The van der Waals surface area contributed by atoms with E-state index >= 15 is 0 Å². The van der Waals surface area contributed by atoms with Gasteiger partial charge in [-0.15, -0.1) is 0 Å². The zero-order valence-corrected chi connectivity index (χ0v) is 23.8. The molecule has 3 aromatic carbocycles. The fourth-order valence-corrected chi connectivity index (χ4v) is 4.31. The van der Waals surface area contributed by atoms with Crippen LogP contribution >= 0.6 is 11.6 Å². The van der Waals surface area contributed by atoms with E-state index in [1.54, 1.807) is 42.5 Å². The van der Waals surface area contributed by atoms with Gasteiger partial charge in [-0.1, -0.05) is 42.8 Å². The number of benzene rings is 3. The second kappa shape index (κ2) is 13.7. The number of rotatable bonds is 12. The second-order valence-corrected chi connectivity index (χ2v) is 9.66. The van der Waals surface area contributed by atoms with Crippen molar-refractivity contribution in [2.24, 2.45) is 0 Å². The first kappa shape index (κ1) is 30.1. The van der Waals surface area contributed by atoms with E-state index < -0.39 is 23.8 Å². The minimum absolute atomic E-state index is 0.0929. The monoisotopic (exact) mass is 592 g/mol. The lowest BCUT2D eigenvalue weighted by Gasteiger charge is -2.26. The summed E-state index contributed by atoms with van der Waals surface area (Å²) in [5.74, 6) is -1.18. The minimum Gasteiger partial charge on any atom is -0.490 e. The predicted octanol–water partition coefficient (Wildman–Crippen LogP) is 5.47. The molecule has 4 amide bonds. The molecule has 3 aromatic rings. The van der Waals surface area contributed by atoms with Crippen molar-refractivity contribution in [1.29, 1.82) is 0 Å². The second-order valence-electron chi connectivity index (χ2n) is 9.25. The van der Waals surface area contributed by atoms with Crippen LogP contribution < -0.4 is 19.5 Å². The van der Waals surface area contributed by atoms with E-state index in [2.05, 4.69) is 5.32 Å². The van der Waals surface area contributed by atoms with Gasteiger partial charge >= 0.3 is 12.0 Å². The van der Waals surface area contributed by atoms with E-state index in [1.165, 1.54) is 24.3 Å². The number of halogens is 1. The Labute approximate surface area is 247 Å². The van der Waals surface area contributed by atoms with Crippen LogP contribution in [0.25, 0.3) is 6.08 Å². The number of hydrogen-bond acceptors (Lipinski definition) is 7. The summed E-state index contributed by atoms with van der Waals surface area (Å²) >= 11 is 6.39. The number of ether oxygens (including phenoxy) is 3. The number of carboxylic acid groups (broad SMARTS) is 1. The number of hydrogen-bond donors (Lipinski definition) is 2. The van der Waals surface area contributed by atoms with Gasteiger partial charge in [0.2, 0.25) is 0 Å². The summed E-state index contributed by atoms with van der Waals surface area (Å²) in [7, 11) is 0. The van der Waals surface area contributed by atoms with Gasteiger partial charge in [-0.25, -0.2) is 9.59 Å². The van der Waals surface area contributed by atoms with Gasteiger partial charge in [-0.05, 0) is 72.5 Å². The zero-order valence-electron chi connectivity index (χ0n) is 23.0. The lowest BCUT2D eigenvalue weighted by atomic mass is 10.1. The Morgan fingerprint density at radius 1 is 0.905 bits per heavy atom. The van der Waals surface area contributed by atoms with E-state index in [1.807, 2.05) is 13.8 Å². The van der Waals surface area contributed by atoms with Crippen LogP contribution in [0.5, 0.6) is 17.2 Å². The third kappa shape index (κ3) is 7.27. The van der Waals surface area contributed by atoms with Crippen molar-refractivity contribution in [2.45, 2.75) is 33.4 Å². The average molecular weight is 593 g/mol. The summed E-state index contributed by atoms with van der Waals surface area (Å²) in [5, 5.41) is 11.5. The Morgan fingerprint density at radius 2 is 1.62 bits per heavy atom. The topological polar surface area (TPSA) is 131 Å². The van der Waals surface area contributed by atoms with Gasteiger partial charge in [-0.2, -0.15) is 0 Å². The molecule has 0 spiro atoms. The molecule has 1 saturated heterocycles. The molecule has 42 heavy (non-hydrogen) atoms. The third-order valence-corrected chi connectivity index (χ3v) is 6.45. The Kier molecular flexibility index (Phi) is 9.82. The van der Waals surface area contributed by atoms with Gasteiger partial charge in [0.15, 0.2) is 11.5 Å². The fourth-order valence-electron chi connectivity index (χ4n) is 4.07. The molecule has 2 N–H and O–H groups in total. The van der Waals surface area contributed by atoms with Crippen molar-refractivity contribution >= 4 is 41.5 Å². The molecular formula is C31H29ClN2O8. The molecule has 10 nitrogen and oxygen atoms in total. The molecule has 1 fully saturated rings. The van der Waals surface area contributed by atoms with Crippen molar-refractivity contribution in [1.82, 2.24) is 10.2 Å². The van der Waals surface area contributed by atoms with E-state index in [4.69, 9.17) is 30.9 Å². The third-order valence-electron chi connectivity index (χ3n) is 6.16. The van der Waals surface area contributed by atoms with Crippen LogP contribution in [0.15, 0.2) is 66.2 Å². The highest BCUT2D eigenvalue weighted by Crippen LogP contribution is 2.31. The Balaban J connectivity index is 1.49. The lowest BCUT2D eigenvalue weighted by molar-refractivity contribution is -0.130. The molecule has 11 heteroatoms. The van der Waals surface area contributed by atoms with Crippen LogP contribution in [-0.2, 0) is 22.7 Å². The summed E-state index contributed by atoms with van der Waals surface area (Å²) < 4.78 is 17.1. The van der Waals surface area contributed by atoms with E-state index in [0.717, 1.165) is 16.9 Å². The average Bonchev–Trinajstić information content (AvgIpc) is 2.97.